The van der Waals surface area contributed by atoms with Crippen LogP contribution in [0.25, 0.3) is 28.1 Å². The number of fused-ring (bicyclic) bond motifs is 2. The second-order valence-electron chi connectivity index (χ2n) is 4.85. The van der Waals surface area contributed by atoms with Crippen LogP contribution in [0.4, 0.5) is 0 Å². The molecular formula is C16H12N4. The number of rotatable bonds is 1. The minimum Gasteiger partial charge on any atom is -0.281 e. The number of benzene rings is 1. The molecule has 0 saturated carbocycles. The molecule has 0 N–H and O–H groups in total. The second kappa shape index (κ2) is 4.13. The molecule has 0 bridgehead atoms. The molecule has 0 aliphatic carbocycles. The van der Waals surface area contributed by atoms with Gasteiger partial charge in [-0.15, -0.1) is 10.2 Å². The molecule has 0 radical (unpaired) electrons. The first-order valence-corrected chi connectivity index (χ1v) is 6.49. The van der Waals surface area contributed by atoms with Gasteiger partial charge in [0, 0.05) is 11.6 Å². The summed E-state index contributed by atoms with van der Waals surface area (Å²) in [6.07, 6.45) is 2.03. The highest BCUT2D eigenvalue weighted by molar-refractivity contribution is 5.80. The number of para-hydroxylation sites is 1. The van der Waals surface area contributed by atoms with Gasteiger partial charge in [0.1, 0.15) is 5.69 Å². The summed E-state index contributed by atoms with van der Waals surface area (Å²) in [5, 5.41) is 9.58. The number of aryl methyl sites for hydroxylation is 1. The maximum atomic E-state index is 4.67. The Morgan fingerprint density at radius 3 is 2.75 bits per heavy atom. The van der Waals surface area contributed by atoms with Crippen LogP contribution in [-0.2, 0) is 0 Å². The molecule has 0 aliphatic rings. The van der Waals surface area contributed by atoms with E-state index in [0.29, 0.717) is 0 Å². The number of nitrogens with zero attached hydrogens (tertiary/aromatic N) is 4. The van der Waals surface area contributed by atoms with Gasteiger partial charge in [0.25, 0.3) is 0 Å². The van der Waals surface area contributed by atoms with Gasteiger partial charge in [-0.2, -0.15) is 0 Å². The standard InChI is InChI=1S/C16H12N4/c1-11-6-9-15-18-19-16(20(15)10-11)14-8-7-12-4-2-3-5-13(12)17-14/h2-10H,1H3. The van der Waals surface area contributed by atoms with Crippen LogP contribution in [0.1, 0.15) is 5.56 Å². The third-order valence-corrected chi connectivity index (χ3v) is 3.38. The first-order valence-electron chi connectivity index (χ1n) is 6.49. The average Bonchev–Trinajstić information content (AvgIpc) is 2.89. The molecule has 0 spiro atoms. The lowest BCUT2D eigenvalue weighted by atomic mass is 10.2. The first-order chi connectivity index (χ1) is 9.81. The fraction of sp³-hybridized carbons (Fsp3) is 0.0625. The first kappa shape index (κ1) is 11.1. The molecule has 0 unspecified atom stereocenters. The molecule has 4 rings (SSSR count). The highest BCUT2D eigenvalue weighted by Gasteiger charge is 2.09. The van der Waals surface area contributed by atoms with E-state index in [1.807, 2.05) is 47.0 Å². The summed E-state index contributed by atoms with van der Waals surface area (Å²) in [5.74, 6) is 0.773. The Hall–Kier alpha value is -2.75. The van der Waals surface area contributed by atoms with Crippen LogP contribution in [0.2, 0.25) is 0 Å². The molecule has 0 atom stereocenters. The SMILES string of the molecule is Cc1ccc2nnc(-c3ccc4ccccc4n3)n2c1. The van der Waals surface area contributed by atoms with Crippen LogP contribution in [0.15, 0.2) is 54.7 Å². The quantitative estimate of drug-likeness (QED) is 0.527. The Morgan fingerprint density at radius 2 is 1.80 bits per heavy atom. The van der Waals surface area contributed by atoms with Crippen molar-refractivity contribution in [2.24, 2.45) is 0 Å². The fourth-order valence-electron chi connectivity index (χ4n) is 2.36. The van der Waals surface area contributed by atoms with Crippen molar-refractivity contribution in [2.45, 2.75) is 6.92 Å². The zero-order valence-corrected chi connectivity index (χ0v) is 11.0. The second-order valence-corrected chi connectivity index (χ2v) is 4.85. The Kier molecular flexibility index (Phi) is 2.29. The molecule has 3 heterocycles. The van der Waals surface area contributed by atoms with Crippen molar-refractivity contribution in [2.75, 3.05) is 0 Å². The summed E-state index contributed by atoms with van der Waals surface area (Å²) in [5.41, 5.74) is 3.80. The van der Waals surface area contributed by atoms with Crippen LogP contribution in [0.3, 0.4) is 0 Å². The zero-order valence-electron chi connectivity index (χ0n) is 11.0. The molecule has 1 aromatic carbocycles. The molecule has 96 valence electrons. The smallest absolute Gasteiger partial charge is 0.187 e. The number of hydrogen-bond donors (Lipinski definition) is 0. The number of pyridine rings is 2. The maximum Gasteiger partial charge on any atom is 0.187 e. The van der Waals surface area contributed by atoms with E-state index in [1.54, 1.807) is 0 Å². The molecule has 0 saturated heterocycles. The van der Waals surface area contributed by atoms with Crippen molar-refractivity contribution in [1.29, 1.82) is 0 Å². The van der Waals surface area contributed by atoms with Crippen molar-refractivity contribution in [3.05, 3.63) is 60.3 Å². The van der Waals surface area contributed by atoms with Gasteiger partial charge in [-0.1, -0.05) is 30.3 Å². The van der Waals surface area contributed by atoms with Crippen molar-refractivity contribution >= 4 is 16.6 Å². The lowest BCUT2D eigenvalue weighted by Crippen LogP contribution is -1.93. The van der Waals surface area contributed by atoms with E-state index in [0.717, 1.165) is 28.1 Å². The predicted molar refractivity (Wildman–Crippen MR) is 78.5 cm³/mol. The van der Waals surface area contributed by atoms with Crippen molar-refractivity contribution in [3.8, 4) is 11.5 Å². The summed E-state index contributed by atoms with van der Waals surface area (Å²) in [6.45, 7) is 2.05. The third kappa shape index (κ3) is 1.66. The monoisotopic (exact) mass is 260 g/mol. The molecule has 0 amide bonds. The Labute approximate surface area is 115 Å². The number of aromatic nitrogens is 4. The van der Waals surface area contributed by atoms with Gasteiger partial charge in [-0.3, -0.25) is 4.40 Å². The Morgan fingerprint density at radius 1 is 0.900 bits per heavy atom. The van der Waals surface area contributed by atoms with Gasteiger partial charge in [0.15, 0.2) is 11.5 Å². The zero-order chi connectivity index (χ0) is 13.5. The highest BCUT2D eigenvalue weighted by atomic mass is 15.2. The van der Waals surface area contributed by atoms with Gasteiger partial charge in [-0.25, -0.2) is 4.98 Å². The molecule has 4 heteroatoms. The van der Waals surface area contributed by atoms with E-state index in [2.05, 4.69) is 34.2 Å². The van der Waals surface area contributed by atoms with Crippen LogP contribution in [0, 0.1) is 6.92 Å². The summed E-state index contributed by atoms with van der Waals surface area (Å²) < 4.78 is 1.98. The van der Waals surface area contributed by atoms with Gasteiger partial charge in [0.2, 0.25) is 0 Å². The largest absolute Gasteiger partial charge is 0.281 e. The van der Waals surface area contributed by atoms with E-state index < -0.39 is 0 Å². The highest BCUT2D eigenvalue weighted by Crippen LogP contribution is 2.20. The molecule has 0 aliphatic heterocycles. The third-order valence-electron chi connectivity index (χ3n) is 3.38. The van der Waals surface area contributed by atoms with Crippen molar-refractivity contribution < 1.29 is 0 Å². The molecular weight excluding hydrogens is 248 g/mol. The van der Waals surface area contributed by atoms with Crippen LogP contribution in [0.5, 0.6) is 0 Å². The summed E-state index contributed by atoms with van der Waals surface area (Å²) in [4.78, 5) is 4.67. The van der Waals surface area contributed by atoms with E-state index in [1.165, 1.54) is 5.56 Å². The number of hydrogen-bond acceptors (Lipinski definition) is 3. The van der Waals surface area contributed by atoms with Gasteiger partial charge >= 0.3 is 0 Å². The fourth-order valence-corrected chi connectivity index (χ4v) is 2.36. The van der Waals surface area contributed by atoms with Crippen LogP contribution < -0.4 is 0 Å². The van der Waals surface area contributed by atoms with Gasteiger partial charge < -0.3 is 0 Å². The molecule has 20 heavy (non-hydrogen) atoms. The van der Waals surface area contributed by atoms with E-state index in [-0.39, 0.29) is 0 Å². The van der Waals surface area contributed by atoms with Crippen molar-refractivity contribution in [1.82, 2.24) is 19.6 Å². The van der Waals surface area contributed by atoms with Gasteiger partial charge in [-0.05, 0) is 30.7 Å². The molecule has 4 aromatic rings. The van der Waals surface area contributed by atoms with Crippen LogP contribution in [-0.4, -0.2) is 19.6 Å². The topological polar surface area (TPSA) is 43.1 Å². The van der Waals surface area contributed by atoms with E-state index >= 15 is 0 Å². The molecule has 4 nitrogen and oxygen atoms in total. The summed E-state index contributed by atoms with van der Waals surface area (Å²) in [6, 6.07) is 16.1. The van der Waals surface area contributed by atoms with Gasteiger partial charge in [0.05, 0.1) is 5.52 Å². The Balaban J connectivity index is 1.98. The predicted octanol–water partition coefficient (Wildman–Crippen LogP) is 3.25. The molecule has 3 aromatic heterocycles. The lowest BCUT2D eigenvalue weighted by Gasteiger charge is -2.02. The van der Waals surface area contributed by atoms with E-state index in [9.17, 15) is 0 Å². The molecule has 0 fully saturated rings. The van der Waals surface area contributed by atoms with Crippen LogP contribution >= 0.6 is 0 Å². The minimum absolute atomic E-state index is 0.773. The Bertz CT molecular complexity index is 924. The maximum absolute atomic E-state index is 4.67. The normalized spacial score (nSPS) is 11.2. The lowest BCUT2D eigenvalue weighted by molar-refractivity contribution is 1.09. The minimum atomic E-state index is 0.773. The summed E-state index contributed by atoms with van der Waals surface area (Å²) >= 11 is 0. The van der Waals surface area contributed by atoms with Crippen molar-refractivity contribution in [3.63, 3.8) is 0 Å². The van der Waals surface area contributed by atoms with E-state index in [4.69, 9.17) is 0 Å². The average molecular weight is 260 g/mol. The summed E-state index contributed by atoms with van der Waals surface area (Å²) in [7, 11) is 0.